The first-order valence-corrected chi connectivity index (χ1v) is 13.0. The molecule has 24 heavy (non-hydrogen) atoms. The van der Waals surface area contributed by atoms with Gasteiger partial charge in [-0.2, -0.15) is 0 Å². The Morgan fingerprint density at radius 1 is 0.792 bits per heavy atom. The van der Waals surface area contributed by atoms with Gasteiger partial charge in [-0.05, 0) is 18.1 Å². The fourth-order valence-electron chi connectivity index (χ4n) is 2.41. The molecule has 0 unspecified atom stereocenters. The predicted molar refractivity (Wildman–Crippen MR) is 118 cm³/mol. The third kappa shape index (κ3) is 3.62. The summed E-state index contributed by atoms with van der Waals surface area (Å²) in [5, 5.41) is 0. The molecule has 0 fully saturated rings. The van der Waals surface area contributed by atoms with E-state index in [9.17, 15) is 0 Å². The number of hydrogen-bond donors (Lipinski definition) is 0. The van der Waals surface area contributed by atoms with Crippen LogP contribution in [0.5, 0.6) is 0 Å². The lowest BCUT2D eigenvalue weighted by Crippen LogP contribution is -1.95. The zero-order chi connectivity index (χ0) is 16.5. The van der Waals surface area contributed by atoms with Crippen LogP contribution in [0.3, 0.4) is 0 Å². The zero-order valence-corrected chi connectivity index (χ0v) is 18.0. The third-order valence-electron chi connectivity index (χ3n) is 3.50. The smallest absolute Gasteiger partial charge is 0.0717 e. The second-order valence-electron chi connectivity index (χ2n) is 5.11. The molecule has 0 N–H and O–H groups in total. The molecular formula is C17H15NS6. The van der Waals surface area contributed by atoms with E-state index in [2.05, 4.69) is 59.8 Å². The number of nitrogens with zero attached hydrogens (tertiary/aromatic N) is 1. The Morgan fingerprint density at radius 3 is 1.88 bits per heavy atom. The van der Waals surface area contributed by atoms with Gasteiger partial charge in [-0.3, -0.25) is 0 Å². The van der Waals surface area contributed by atoms with Crippen molar-refractivity contribution in [3.8, 4) is 0 Å². The summed E-state index contributed by atoms with van der Waals surface area (Å²) in [7, 11) is 0. The molecule has 2 aromatic rings. The van der Waals surface area contributed by atoms with E-state index >= 15 is 0 Å². The molecule has 124 valence electrons. The topological polar surface area (TPSA) is 4.93 Å². The van der Waals surface area contributed by atoms with Gasteiger partial charge >= 0.3 is 0 Å². The van der Waals surface area contributed by atoms with Crippen LogP contribution in [0.2, 0.25) is 0 Å². The summed E-state index contributed by atoms with van der Waals surface area (Å²) in [6.07, 6.45) is 8.91. The van der Waals surface area contributed by atoms with Crippen molar-refractivity contribution in [2.45, 2.75) is 16.3 Å². The van der Waals surface area contributed by atoms with E-state index in [1.165, 1.54) is 32.3 Å². The number of aromatic nitrogens is 1. The summed E-state index contributed by atoms with van der Waals surface area (Å²) in [6.45, 7) is 0.944. The normalized spacial score (nSPS) is 17.1. The number of fused-ring (bicyclic) bond motifs is 1. The van der Waals surface area contributed by atoms with Gasteiger partial charge in [-0.25, -0.2) is 0 Å². The van der Waals surface area contributed by atoms with Crippen molar-refractivity contribution in [2.75, 3.05) is 12.5 Å². The molecule has 0 bridgehead atoms. The van der Waals surface area contributed by atoms with E-state index in [1.807, 2.05) is 70.6 Å². The summed E-state index contributed by atoms with van der Waals surface area (Å²) in [5.41, 5.74) is 1.35. The lowest BCUT2D eigenvalue weighted by molar-refractivity contribution is 0.799. The molecule has 0 saturated carbocycles. The summed E-state index contributed by atoms with van der Waals surface area (Å²) in [4.78, 5) is 2.78. The fourth-order valence-corrected chi connectivity index (χ4v) is 10.3. The van der Waals surface area contributed by atoms with E-state index in [4.69, 9.17) is 0 Å². The number of hydrogen-bond acceptors (Lipinski definition) is 6. The maximum absolute atomic E-state index is 2.30. The van der Waals surface area contributed by atoms with Crippen molar-refractivity contribution in [2.24, 2.45) is 0 Å². The van der Waals surface area contributed by atoms with Gasteiger partial charge in [0.15, 0.2) is 0 Å². The maximum atomic E-state index is 2.30. The quantitative estimate of drug-likeness (QED) is 0.507. The molecule has 0 atom stereocenters. The molecule has 1 aromatic heterocycles. The lowest BCUT2D eigenvalue weighted by atomic mass is 10.2. The molecule has 7 heteroatoms. The van der Waals surface area contributed by atoms with Crippen LogP contribution in [0.25, 0.3) is 0 Å². The molecule has 0 aliphatic carbocycles. The molecule has 0 amide bonds. The molecule has 0 saturated heterocycles. The van der Waals surface area contributed by atoms with Crippen LogP contribution in [0.1, 0.15) is 5.56 Å². The van der Waals surface area contributed by atoms with Gasteiger partial charge in [-0.1, -0.05) is 77.4 Å². The van der Waals surface area contributed by atoms with Crippen molar-refractivity contribution in [3.63, 3.8) is 0 Å². The SMILES string of the molecule is CSC1=C(SC)SC(=C2Sc3cn(Cc4ccccc4)cc3S2)S1. The van der Waals surface area contributed by atoms with Gasteiger partial charge in [0.05, 0.1) is 16.9 Å². The number of rotatable bonds is 4. The second kappa shape index (κ2) is 7.76. The summed E-state index contributed by atoms with van der Waals surface area (Å²) >= 11 is 11.4. The number of benzene rings is 1. The van der Waals surface area contributed by atoms with Crippen molar-refractivity contribution in [1.29, 1.82) is 0 Å². The minimum atomic E-state index is 0.944. The highest BCUT2D eigenvalue weighted by molar-refractivity contribution is 8.41. The van der Waals surface area contributed by atoms with Crippen molar-refractivity contribution in [1.82, 2.24) is 4.57 Å². The minimum absolute atomic E-state index is 0.944. The molecule has 4 rings (SSSR count). The third-order valence-corrected chi connectivity index (χ3v) is 11.7. The van der Waals surface area contributed by atoms with Gasteiger partial charge in [0.2, 0.25) is 0 Å². The van der Waals surface area contributed by atoms with Gasteiger partial charge in [0.25, 0.3) is 0 Å². The van der Waals surface area contributed by atoms with Crippen LogP contribution < -0.4 is 0 Å². The average Bonchev–Trinajstić information content (AvgIpc) is 3.27. The van der Waals surface area contributed by atoms with Crippen LogP contribution in [-0.4, -0.2) is 17.1 Å². The standard InChI is InChI=1S/C17H15NS6/c1-19-14-15(20-2)24-17(23-14)16-21-12-9-18(10-13(12)22-16)8-11-6-4-3-5-7-11/h3-7,9-10H,8H2,1-2H3. The Hall–Kier alpha value is 0.0800. The van der Waals surface area contributed by atoms with Crippen molar-refractivity contribution >= 4 is 70.6 Å². The highest BCUT2D eigenvalue weighted by atomic mass is 32.3. The van der Waals surface area contributed by atoms with Gasteiger partial charge in [0, 0.05) is 28.7 Å². The van der Waals surface area contributed by atoms with Gasteiger partial charge in [0.1, 0.15) is 0 Å². The predicted octanol–water partition coefficient (Wildman–Crippen LogP) is 7.19. The van der Waals surface area contributed by atoms with Crippen LogP contribution in [0.15, 0.2) is 69.5 Å². The molecule has 3 heterocycles. The van der Waals surface area contributed by atoms with E-state index in [1.54, 1.807) is 0 Å². The fraction of sp³-hybridized carbons (Fsp3) is 0.176. The Morgan fingerprint density at radius 2 is 1.33 bits per heavy atom. The van der Waals surface area contributed by atoms with Gasteiger partial charge < -0.3 is 4.57 Å². The highest BCUT2D eigenvalue weighted by Gasteiger charge is 2.29. The molecule has 2 aliphatic rings. The van der Waals surface area contributed by atoms with E-state index < -0.39 is 0 Å². The van der Waals surface area contributed by atoms with Crippen LogP contribution in [-0.2, 0) is 6.54 Å². The van der Waals surface area contributed by atoms with E-state index in [0.29, 0.717) is 0 Å². The zero-order valence-electron chi connectivity index (χ0n) is 13.1. The monoisotopic (exact) mass is 425 g/mol. The van der Waals surface area contributed by atoms with Crippen LogP contribution in [0, 0.1) is 0 Å². The van der Waals surface area contributed by atoms with Crippen LogP contribution >= 0.6 is 70.6 Å². The Balaban J connectivity index is 1.48. The largest absolute Gasteiger partial charge is 0.348 e. The van der Waals surface area contributed by atoms with E-state index in [-0.39, 0.29) is 0 Å². The molecule has 1 aromatic carbocycles. The van der Waals surface area contributed by atoms with Crippen LogP contribution in [0.4, 0.5) is 0 Å². The Kier molecular flexibility index (Phi) is 5.66. The highest BCUT2D eigenvalue weighted by Crippen LogP contribution is 2.63. The molecular weight excluding hydrogens is 411 g/mol. The molecule has 0 radical (unpaired) electrons. The maximum Gasteiger partial charge on any atom is 0.0717 e. The van der Waals surface area contributed by atoms with Gasteiger partial charge in [-0.15, -0.1) is 23.5 Å². The first-order valence-electron chi connectivity index (χ1n) is 7.28. The first kappa shape index (κ1) is 17.5. The molecule has 0 spiro atoms. The van der Waals surface area contributed by atoms with Crippen molar-refractivity contribution < 1.29 is 0 Å². The molecule has 2 aliphatic heterocycles. The average molecular weight is 426 g/mol. The second-order valence-corrected chi connectivity index (χ2v) is 11.9. The first-order chi connectivity index (χ1) is 11.8. The minimum Gasteiger partial charge on any atom is -0.348 e. The molecule has 1 nitrogen and oxygen atoms in total. The summed E-state index contributed by atoms with van der Waals surface area (Å²) < 4.78 is 8.08. The summed E-state index contributed by atoms with van der Waals surface area (Å²) in [6, 6.07) is 10.6. The van der Waals surface area contributed by atoms with E-state index in [0.717, 1.165) is 6.54 Å². The van der Waals surface area contributed by atoms with Crippen molar-refractivity contribution in [3.05, 3.63) is 65.2 Å². The Labute approximate surface area is 168 Å². The number of thioether (sulfide) groups is 6. The summed E-state index contributed by atoms with van der Waals surface area (Å²) in [5.74, 6) is 0. The Bertz CT molecular complexity index is 777. The lowest BCUT2D eigenvalue weighted by Gasteiger charge is -2.04.